The van der Waals surface area contributed by atoms with Crippen LogP contribution in [0.4, 0.5) is 0 Å². The lowest BCUT2D eigenvalue weighted by atomic mass is 9.92. The van der Waals surface area contributed by atoms with Crippen LogP contribution in [-0.4, -0.2) is 67.8 Å². The lowest BCUT2D eigenvalue weighted by molar-refractivity contribution is -0.141. The van der Waals surface area contributed by atoms with E-state index < -0.39 is 12.1 Å². The Morgan fingerprint density at radius 3 is 2.64 bits per heavy atom. The molecule has 9 heteroatoms. The first-order chi connectivity index (χ1) is 16.0. The van der Waals surface area contributed by atoms with Gasteiger partial charge in [0.25, 0.3) is 5.91 Å². The van der Waals surface area contributed by atoms with Crippen molar-refractivity contribution < 1.29 is 28.7 Å². The van der Waals surface area contributed by atoms with E-state index in [1.807, 2.05) is 0 Å². The standard InChI is InChI=1S/C24H31N3O6/c1-32-18-5-7-19(8-6-18)33-14-21(29)27-12-16-3-2-4-20(16)22(27)24(31)26-17(13-28)11-15-9-10-25-23(15)30/h5-8,13,15-17,20,22H,2-4,9-12,14H2,1H3,(H,25,30)(H,26,31)/t15-,16-,17-,20+,22+/m0/s1. The highest BCUT2D eigenvalue weighted by atomic mass is 16.5. The van der Waals surface area contributed by atoms with Gasteiger partial charge in [-0.15, -0.1) is 0 Å². The van der Waals surface area contributed by atoms with E-state index in [0.29, 0.717) is 37.3 Å². The number of rotatable bonds is 9. The predicted octanol–water partition coefficient (Wildman–Crippen LogP) is 0.911. The fourth-order valence-electron chi connectivity index (χ4n) is 5.39. The fraction of sp³-hybridized carbons (Fsp3) is 0.583. The summed E-state index contributed by atoms with van der Waals surface area (Å²) in [5.41, 5.74) is 0. The van der Waals surface area contributed by atoms with Gasteiger partial charge in [-0.1, -0.05) is 6.42 Å². The van der Waals surface area contributed by atoms with Crippen LogP contribution in [0.15, 0.2) is 24.3 Å². The number of fused-ring (bicyclic) bond motifs is 1. The average Bonchev–Trinajstić information content (AvgIpc) is 3.53. The second-order valence-corrected chi connectivity index (χ2v) is 9.07. The van der Waals surface area contributed by atoms with Crippen LogP contribution in [0.25, 0.3) is 0 Å². The number of hydrogen-bond donors (Lipinski definition) is 2. The van der Waals surface area contributed by atoms with Gasteiger partial charge in [0.05, 0.1) is 13.2 Å². The summed E-state index contributed by atoms with van der Waals surface area (Å²) < 4.78 is 10.8. The molecule has 0 unspecified atom stereocenters. The van der Waals surface area contributed by atoms with Gasteiger partial charge in [0.1, 0.15) is 23.8 Å². The van der Waals surface area contributed by atoms with Crippen molar-refractivity contribution in [3.8, 4) is 11.5 Å². The summed E-state index contributed by atoms with van der Waals surface area (Å²) >= 11 is 0. The van der Waals surface area contributed by atoms with Gasteiger partial charge in [0.15, 0.2) is 6.61 Å². The Hall–Kier alpha value is -3.10. The molecule has 5 atom stereocenters. The van der Waals surface area contributed by atoms with Crippen molar-refractivity contribution in [1.29, 1.82) is 0 Å². The van der Waals surface area contributed by atoms with Crippen molar-refractivity contribution in [3.05, 3.63) is 24.3 Å². The third-order valence-corrected chi connectivity index (χ3v) is 7.09. The Kier molecular flexibility index (Phi) is 7.15. The number of aldehydes is 1. The first-order valence-electron chi connectivity index (χ1n) is 11.6. The lowest BCUT2D eigenvalue weighted by Crippen LogP contribution is -2.52. The minimum atomic E-state index is -0.751. The molecule has 3 aliphatic rings. The van der Waals surface area contributed by atoms with Crippen molar-refractivity contribution >= 4 is 24.0 Å². The average molecular weight is 458 g/mol. The van der Waals surface area contributed by atoms with E-state index in [1.54, 1.807) is 36.3 Å². The summed E-state index contributed by atoms with van der Waals surface area (Å²) in [5, 5.41) is 5.56. The van der Waals surface area contributed by atoms with Gasteiger partial charge < -0.3 is 29.8 Å². The smallest absolute Gasteiger partial charge is 0.261 e. The van der Waals surface area contributed by atoms with Crippen LogP contribution in [0.5, 0.6) is 11.5 Å². The van der Waals surface area contributed by atoms with Gasteiger partial charge in [-0.3, -0.25) is 14.4 Å². The lowest BCUT2D eigenvalue weighted by Gasteiger charge is -2.28. The summed E-state index contributed by atoms with van der Waals surface area (Å²) in [6.45, 7) is 0.936. The van der Waals surface area contributed by atoms with Crippen molar-refractivity contribution in [3.63, 3.8) is 0 Å². The second kappa shape index (κ2) is 10.2. The van der Waals surface area contributed by atoms with Gasteiger partial charge in [-0.05, 0) is 61.8 Å². The molecular formula is C24H31N3O6. The van der Waals surface area contributed by atoms with E-state index in [-0.39, 0.29) is 48.5 Å². The van der Waals surface area contributed by atoms with Crippen molar-refractivity contribution in [1.82, 2.24) is 15.5 Å². The molecule has 9 nitrogen and oxygen atoms in total. The van der Waals surface area contributed by atoms with Crippen LogP contribution in [0.3, 0.4) is 0 Å². The minimum absolute atomic E-state index is 0.0806. The highest BCUT2D eigenvalue weighted by molar-refractivity contribution is 5.91. The number of hydrogen-bond acceptors (Lipinski definition) is 6. The van der Waals surface area contributed by atoms with Crippen LogP contribution in [0.2, 0.25) is 0 Å². The molecule has 1 aromatic rings. The van der Waals surface area contributed by atoms with E-state index in [9.17, 15) is 19.2 Å². The molecule has 3 fully saturated rings. The van der Waals surface area contributed by atoms with E-state index in [0.717, 1.165) is 19.3 Å². The Morgan fingerprint density at radius 1 is 1.21 bits per heavy atom. The van der Waals surface area contributed by atoms with E-state index in [1.165, 1.54) is 0 Å². The summed E-state index contributed by atoms with van der Waals surface area (Å²) in [4.78, 5) is 51.4. The number of likely N-dealkylation sites (tertiary alicyclic amines) is 1. The molecule has 0 spiro atoms. The van der Waals surface area contributed by atoms with Crippen molar-refractivity contribution in [2.45, 2.75) is 44.2 Å². The largest absolute Gasteiger partial charge is 0.497 e. The molecule has 2 N–H and O–H groups in total. The maximum Gasteiger partial charge on any atom is 0.261 e. The van der Waals surface area contributed by atoms with Gasteiger partial charge >= 0.3 is 0 Å². The Labute approximate surface area is 193 Å². The second-order valence-electron chi connectivity index (χ2n) is 9.07. The maximum atomic E-state index is 13.3. The number of ether oxygens (including phenoxy) is 2. The Morgan fingerprint density at radius 2 is 1.97 bits per heavy atom. The number of nitrogens with one attached hydrogen (secondary N) is 2. The van der Waals surface area contributed by atoms with E-state index in [4.69, 9.17) is 9.47 Å². The van der Waals surface area contributed by atoms with Crippen molar-refractivity contribution in [2.24, 2.45) is 17.8 Å². The molecule has 2 heterocycles. The summed E-state index contributed by atoms with van der Waals surface area (Å²) in [6.07, 6.45) is 4.50. The quantitative estimate of drug-likeness (QED) is 0.533. The summed E-state index contributed by atoms with van der Waals surface area (Å²) in [5.74, 6) is 0.658. The number of carbonyl (C=O) groups excluding carboxylic acids is 4. The summed E-state index contributed by atoms with van der Waals surface area (Å²) in [6, 6.07) is 5.58. The minimum Gasteiger partial charge on any atom is -0.497 e. The van der Waals surface area contributed by atoms with Crippen LogP contribution in [0.1, 0.15) is 32.1 Å². The SMILES string of the molecule is COc1ccc(OCC(=O)N2C[C@@H]3CCC[C@H]3[C@@H]2C(=O)N[C@H](C=O)C[C@@H]2CCNC2=O)cc1. The van der Waals surface area contributed by atoms with Gasteiger partial charge in [-0.25, -0.2) is 0 Å². The molecule has 0 aromatic heterocycles. The highest BCUT2D eigenvalue weighted by Gasteiger charge is 2.49. The first-order valence-corrected chi connectivity index (χ1v) is 11.6. The van der Waals surface area contributed by atoms with Crippen molar-refractivity contribution in [2.75, 3.05) is 26.8 Å². The molecule has 1 aliphatic carbocycles. The zero-order valence-electron chi connectivity index (χ0n) is 18.8. The maximum absolute atomic E-state index is 13.3. The molecule has 33 heavy (non-hydrogen) atoms. The number of nitrogens with zero attached hydrogens (tertiary/aromatic N) is 1. The third kappa shape index (κ3) is 5.12. The monoisotopic (exact) mass is 457 g/mol. The normalized spacial score (nSPS) is 26.9. The topological polar surface area (TPSA) is 114 Å². The first kappa shape index (κ1) is 23.1. The number of amides is 3. The van der Waals surface area contributed by atoms with Crippen LogP contribution >= 0.6 is 0 Å². The molecule has 178 valence electrons. The van der Waals surface area contributed by atoms with E-state index >= 15 is 0 Å². The molecule has 2 aliphatic heterocycles. The molecule has 2 saturated heterocycles. The third-order valence-electron chi connectivity index (χ3n) is 7.09. The molecule has 0 bridgehead atoms. The van der Waals surface area contributed by atoms with E-state index in [2.05, 4.69) is 10.6 Å². The predicted molar refractivity (Wildman–Crippen MR) is 119 cm³/mol. The van der Waals surface area contributed by atoms with Crippen LogP contribution in [0, 0.1) is 17.8 Å². The highest BCUT2D eigenvalue weighted by Crippen LogP contribution is 2.42. The number of benzene rings is 1. The van der Waals surface area contributed by atoms with Crippen LogP contribution in [-0.2, 0) is 19.2 Å². The molecule has 3 amide bonds. The molecule has 0 radical (unpaired) electrons. The van der Waals surface area contributed by atoms with Gasteiger partial charge in [0, 0.05) is 19.0 Å². The number of methoxy groups -OCH3 is 1. The van der Waals surface area contributed by atoms with Crippen LogP contribution < -0.4 is 20.1 Å². The Bertz CT molecular complexity index is 889. The fourth-order valence-corrected chi connectivity index (χ4v) is 5.39. The molecule has 1 aromatic carbocycles. The number of carbonyl (C=O) groups is 4. The summed E-state index contributed by atoms with van der Waals surface area (Å²) in [7, 11) is 1.58. The zero-order valence-corrected chi connectivity index (χ0v) is 18.8. The van der Waals surface area contributed by atoms with Gasteiger partial charge in [-0.2, -0.15) is 0 Å². The molecular weight excluding hydrogens is 426 g/mol. The zero-order chi connectivity index (χ0) is 23.4. The van der Waals surface area contributed by atoms with Gasteiger partial charge in [0.2, 0.25) is 11.8 Å². The molecule has 4 rings (SSSR count). The molecule has 1 saturated carbocycles. The Balaban J connectivity index is 1.40.